The van der Waals surface area contributed by atoms with Crippen LogP contribution in [-0.4, -0.2) is 49.8 Å². The van der Waals surface area contributed by atoms with Crippen LogP contribution in [0.5, 0.6) is 0 Å². The molecule has 7 nitrogen and oxygen atoms in total. The van der Waals surface area contributed by atoms with Crippen LogP contribution in [0.1, 0.15) is 37.7 Å². The molecule has 3 rings (SSSR count). The second kappa shape index (κ2) is 7.13. The average molecular weight is 367 g/mol. The van der Waals surface area contributed by atoms with Crippen molar-refractivity contribution in [2.45, 2.75) is 54.5 Å². The van der Waals surface area contributed by atoms with Crippen molar-refractivity contribution in [2.75, 3.05) is 7.11 Å². The lowest BCUT2D eigenvalue weighted by atomic mass is 10.1. The number of oxime groups is 1. The third-order valence-corrected chi connectivity index (χ3v) is 6.73. The molecule has 25 heavy (non-hydrogen) atoms. The smallest absolute Gasteiger partial charge is 0.360 e. The number of aliphatic hydroxyl groups excluding tert-OH is 1. The van der Waals surface area contributed by atoms with Gasteiger partial charge in [0.15, 0.2) is 15.5 Å². The fourth-order valence-electron chi connectivity index (χ4n) is 2.82. The Kier molecular flexibility index (Phi) is 5.10. The molecule has 2 atom stereocenters. The summed E-state index contributed by atoms with van der Waals surface area (Å²) >= 11 is 0. The van der Waals surface area contributed by atoms with E-state index in [1.54, 1.807) is 0 Å². The molecule has 2 fully saturated rings. The maximum atomic E-state index is 12.2. The molecule has 0 saturated heterocycles. The lowest BCUT2D eigenvalue weighted by Gasteiger charge is -2.10. The summed E-state index contributed by atoms with van der Waals surface area (Å²) in [6.45, 7) is 0. The highest BCUT2D eigenvalue weighted by Gasteiger charge is 2.36. The Hall–Kier alpha value is -1.93. The van der Waals surface area contributed by atoms with Gasteiger partial charge in [-0.05, 0) is 37.8 Å². The van der Waals surface area contributed by atoms with Crippen LogP contribution in [0.2, 0.25) is 0 Å². The number of carbonyl (C=O) groups is 1. The van der Waals surface area contributed by atoms with E-state index >= 15 is 0 Å². The first-order valence-corrected chi connectivity index (χ1v) is 9.81. The number of benzene rings is 1. The number of ether oxygens (including phenoxy) is 1. The van der Waals surface area contributed by atoms with E-state index in [0.29, 0.717) is 37.7 Å². The van der Waals surface area contributed by atoms with Crippen molar-refractivity contribution >= 4 is 21.5 Å². The van der Waals surface area contributed by atoms with Gasteiger partial charge in [-0.2, -0.15) is 0 Å². The number of aliphatic hydroxyl groups is 1. The third-order valence-electron chi connectivity index (χ3n) is 4.45. The molecule has 0 aromatic heterocycles. The van der Waals surface area contributed by atoms with Gasteiger partial charge < -0.3 is 14.7 Å². The highest BCUT2D eigenvalue weighted by molar-refractivity contribution is 7.92. The van der Waals surface area contributed by atoms with E-state index in [4.69, 9.17) is 9.57 Å². The molecule has 0 unspecified atom stereocenters. The molecule has 136 valence electrons. The van der Waals surface area contributed by atoms with E-state index in [1.165, 1.54) is 31.4 Å². The summed E-state index contributed by atoms with van der Waals surface area (Å²) in [6, 6.07) is 6.00. The molecular formula is C17H21NO6S. The van der Waals surface area contributed by atoms with Crippen LogP contribution >= 0.6 is 0 Å². The van der Waals surface area contributed by atoms with Crippen molar-refractivity contribution < 1.29 is 27.9 Å². The average Bonchev–Trinajstić information content (AvgIpc) is 3.39. The number of rotatable bonds is 6. The number of sulfone groups is 1. The minimum absolute atomic E-state index is 0.0285. The summed E-state index contributed by atoms with van der Waals surface area (Å²) in [4.78, 5) is 17.6. The van der Waals surface area contributed by atoms with Crippen LogP contribution in [0.3, 0.4) is 0 Å². The first-order valence-electron chi connectivity index (χ1n) is 8.26. The Morgan fingerprint density at radius 1 is 1.16 bits per heavy atom. The molecule has 8 heteroatoms. The van der Waals surface area contributed by atoms with Crippen molar-refractivity contribution in [3.63, 3.8) is 0 Å². The van der Waals surface area contributed by atoms with E-state index in [2.05, 4.69) is 5.16 Å². The van der Waals surface area contributed by atoms with Crippen LogP contribution in [0.4, 0.5) is 0 Å². The minimum Gasteiger partial charge on any atom is -0.464 e. The third kappa shape index (κ3) is 4.01. The molecule has 1 aromatic rings. The van der Waals surface area contributed by atoms with Crippen molar-refractivity contribution in [3.05, 3.63) is 29.8 Å². The Balaban J connectivity index is 1.80. The molecule has 0 aliphatic heterocycles. The van der Waals surface area contributed by atoms with Crippen LogP contribution < -0.4 is 0 Å². The fraction of sp³-hybridized carbons (Fsp3) is 0.529. The molecule has 0 spiro atoms. The maximum absolute atomic E-state index is 12.2. The predicted molar refractivity (Wildman–Crippen MR) is 89.9 cm³/mol. The Bertz CT molecular complexity index is 767. The zero-order valence-corrected chi connectivity index (χ0v) is 14.7. The largest absolute Gasteiger partial charge is 0.464 e. The summed E-state index contributed by atoms with van der Waals surface area (Å²) < 4.78 is 29.2. The number of nitrogens with zero attached hydrogens (tertiary/aromatic N) is 1. The monoisotopic (exact) mass is 367 g/mol. The zero-order chi connectivity index (χ0) is 18.0. The molecule has 0 amide bonds. The van der Waals surface area contributed by atoms with Gasteiger partial charge in [0.2, 0.25) is 0 Å². The molecule has 1 aromatic carbocycles. The Morgan fingerprint density at radius 3 is 2.36 bits per heavy atom. The van der Waals surface area contributed by atoms with Gasteiger partial charge in [0, 0.05) is 12.0 Å². The van der Waals surface area contributed by atoms with Crippen LogP contribution in [0.15, 0.2) is 34.3 Å². The zero-order valence-electron chi connectivity index (χ0n) is 13.9. The Morgan fingerprint density at radius 2 is 1.84 bits per heavy atom. The van der Waals surface area contributed by atoms with Gasteiger partial charge in [-0.3, -0.25) is 0 Å². The molecule has 2 saturated carbocycles. The van der Waals surface area contributed by atoms with Gasteiger partial charge in [0.25, 0.3) is 0 Å². The van der Waals surface area contributed by atoms with Crippen molar-refractivity contribution in [3.8, 4) is 0 Å². The predicted octanol–water partition coefficient (Wildman–Crippen LogP) is 1.43. The normalized spacial score (nSPS) is 24.2. The van der Waals surface area contributed by atoms with Crippen molar-refractivity contribution in [1.82, 2.24) is 0 Å². The van der Waals surface area contributed by atoms with Gasteiger partial charge in [-0.1, -0.05) is 17.3 Å². The summed E-state index contributed by atoms with van der Waals surface area (Å²) in [6.07, 6.45) is 2.51. The topological polar surface area (TPSA) is 102 Å². The van der Waals surface area contributed by atoms with Gasteiger partial charge in [0.1, 0.15) is 6.10 Å². The van der Waals surface area contributed by atoms with Crippen LogP contribution in [0.25, 0.3) is 0 Å². The SMILES string of the molecule is COC(=O)/C(=N/O[C@@H]1CC[C@@H](O)C1)c1ccc(S(=O)(=O)C2CC2)cc1. The number of methoxy groups -OCH3 is 1. The Labute approximate surface area is 146 Å². The second-order valence-corrected chi connectivity index (χ2v) is 8.62. The highest BCUT2D eigenvalue weighted by atomic mass is 32.2. The van der Waals surface area contributed by atoms with E-state index in [-0.39, 0.29) is 22.0 Å². The lowest BCUT2D eigenvalue weighted by molar-refractivity contribution is -0.132. The minimum atomic E-state index is -3.28. The first-order chi connectivity index (χ1) is 11.9. The van der Waals surface area contributed by atoms with Gasteiger partial charge in [-0.15, -0.1) is 0 Å². The van der Waals surface area contributed by atoms with Crippen LogP contribution in [-0.2, 0) is 24.2 Å². The van der Waals surface area contributed by atoms with E-state index in [1.807, 2.05) is 0 Å². The maximum Gasteiger partial charge on any atom is 0.360 e. The molecule has 0 bridgehead atoms. The standard InChI is InChI=1S/C17H21NO6S/c1-23-17(20)16(18-24-13-5-4-12(19)10-13)11-2-6-14(7-3-11)25(21,22)15-8-9-15/h2-3,6-7,12-13,15,19H,4-5,8-10H2,1H3/b18-16+/t12-,13-/m1/s1. The lowest BCUT2D eigenvalue weighted by Crippen LogP contribution is -2.19. The van der Waals surface area contributed by atoms with Crippen molar-refractivity contribution in [1.29, 1.82) is 0 Å². The fourth-order valence-corrected chi connectivity index (χ4v) is 4.48. The highest BCUT2D eigenvalue weighted by Crippen LogP contribution is 2.33. The number of carbonyl (C=O) groups excluding carboxylic acids is 1. The van der Waals surface area contributed by atoms with Gasteiger partial charge >= 0.3 is 5.97 Å². The van der Waals surface area contributed by atoms with E-state index in [0.717, 1.165) is 0 Å². The number of hydrogen-bond acceptors (Lipinski definition) is 7. The first kappa shape index (κ1) is 17.9. The van der Waals surface area contributed by atoms with Crippen molar-refractivity contribution in [2.24, 2.45) is 5.16 Å². The molecule has 0 radical (unpaired) electrons. The van der Waals surface area contributed by atoms with E-state index in [9.17, 15) is 18.3 Å². The second-order valence-electron chi connectivity index (χ2n) is 6.39. The summed E-state index contributed by atoms with van der Waals surface area (Å²) in [5.74, 6) is -0.670. The van der Waals surface area contributed by atoms with Gasteiger partial charge in [-0.25, -0.2) is 13.2 Å². The quantitative estimate of drug-likeness (QED) is 0.464. The van der Waals surface area contributed by atoms with Gasteiger partial charge in [0.05, 0.1) is 23.4 Å². The molecule has 1 N–H and O–H groups in total. The van der Waals surface area contributed by atoms with Crippen LogP contribution in [0, 0.1) is 0 Å². The number of esters is 1. The molecular weight excluding hydrogens is 346 g/mol. The summed E-state index contributed by atoms with van der Waals surface area (Å²) in [5.41, 5.74) is 0.388. The molecule has 0 heterocycles. The summed E-state index contributed by atoms with van der Waals surface area (Å²) in [5, 5.41) is 13.1. The molecule has 2 aliphatic carbocycles. The van der Waals surface area contributed by atoms with E-state index < -0.39 is 21.9 Å². The summed E-state index contributed by atoms with van der Waals surface area (Å²) in [7, 11) is -2.04. The number of hydrogen-bond donors (Lipinski definition) is 1. The molecule has 2 aliphatic rings.